The summed E-state index contributed by atoms with van der Waals surface area (Å²) >= 11 is 1.20. The standard InChI is InChI=1S/C22H19FN2O3S/c1-3-25-18-15(11-8-12-17(18)23)22(21(25)27)16(19(26)28-4-2)13-29-20(22)24-14-9-6-5-7-10-14/h5-13H,3-4H2,1-2H3. The average molecular weight is 410 g/mol. The first-order valence-electron chi connectivity index (χ1n) is 9.35. The molecule has 1 amide bonds. The van der Waals surface area contributed by atoms with Crippen LogP contribution in [0.15, 0.2) is 64.5 Å². The lowest BCUT2D eigenvalue weighted by Crippen LogP contribution is -2.46. The number of hydrogen-bond acceptors (Lipinski definition) is 5. The number of halogens is 1. The quantitative estimate of drug-likeness (QED) is 0.703. The topological polar surface area (TPSA) is 59.0 Å². The molecule has 4 rings (SSSR count). The molecule has 0 fully saturated rings. The number of carbonyl (C=O) groups is 2. The molecule has 2 aliphatic heterocycles. The number of para-hydroxylation sites is 2. The second-order valence-corrected chi connectivity index (χ2v) is 7.42. The van der Waals surface area contributed by atoms with E-state index in [-0.39, 0.29) is 30.3 Å². The van der Waals surface area contributed by atoms with Gasteiger partial charge in [-0.2, -0.15) is 0 Å². The third-order valence-corrected chi connectivity index (χ3v) is 6.01. The van der Waals surface area contributed by atoms with Gasteiger partial charge in [0.15, 0.2) is 5.41 Å². The molecule has 2 aliphatic rings. The first-order valence-corrected chi connectivity index (χ1v) is 10.2. The fraction of sp³-hybridized carbons (Fsp3) is 0.227. The summed E-state index contributed by atoms with van der Waals surface area (Å²) in [6, 6.07) is 13.7. The van der Waals surface area contributed by atoms with Gasteiger partial charge in [-0.3, -0.25) is 4.79 Å². The molecule has 0 saturated heterocycles. The Morgan fingerprint density at radius 3 is 2.62 bits per heavy atom. The van der Waals surface area contributed by atoms with E-state index in [9.17, 15) is 14.0 Å². The Labute approximate surface area is 172 Å². The van der Waals surface area contributed by atoms with Crippen molar-refractivity contribution in [2.24, 2.45) is 4.99 Å². The van der Waals surface area contributed by atoms with Crippen LogP contribution in [-0.2, 0) is 19.7 Å². The smallest absolute Gasteiger partial charge is 0.336 e. The summed E-state index contributed by atoms with van der Waals surface area (Å²) in [5, 5.41) is 2.02. The Morgan fingerprint density at radius 1 is 1.17 bits per heavy atom. The SMILES string of the molecule is CCOC(=O)C1=CSC(=Nc2ccccc2)C12C(=O)N(CC)c1c(F)cccc12. The van der Waals surface area contributed by atoms with Gasteiger partial charge in [0.05, 0.1) is 23.6 Å². The van der Waals surface area contributed by atoms with E-state index in [1.54, 1.807) is 31.4 Å². The molecular formula is C22H19FN2O3S. The molecule has 0 radical (unpaired) electrons. The van der Waals surface area contributed by atoms with E-state index in [2.05, 4.69) is 4.99 Å². The Morgan fingerprint density at radius 2 is 1.93 bits per heavy atom. The molecule has 29 heavy (non-hydrogen) atoms. The predicted molar refractivity (Wildman–Crippen MR) is 112 cm³/mol. The fourth-order valence-corrected chi connectivity index (χ4v) is 4.97. The summed E-state index contributed by atoms with van der Waals surface area (Å²) in [4.78, 5) is 32.6. The van der Waals surface area contributed by atoms with Gasteiger partial charge in [0, 0.05) is 12.1 Å². The summed E-state index contributed by atoms with van der Waals surface area (Å²) in [7, 11) is 0. The van der Waals surface area contributed by atoms with Crippen molar-refractivity contribution in [3.05, 3.63) is 70.9 Å². The van der Waals surface area contributed by atoms with Crippen molar-refractivity contribution >= 4 is 40.1 Å². The maximum atomic E-state index is 14.8. The number of aliphatic imine (C=N–C) groups is 1. The van der Waals surface area contributed by atoms with Gasteiger partial charge in [0.25, 0.3) is 0 Å². The van der Waals surface area contributed by atoms with Gasteiger partial charge in [-0.15, -0.1) is 0 Å². The van der Waals surface area contributed by atoms with Gasteiger partial charge < -0.3 is 9.64 Å². The fourth-order valence-electron chi connectivity index (χ4n) is 3.83. The van der Waals surface area contributed by atoms with Crippen LogP contribution < -0.4 is 4.90 Å². The summed E-state index contributed by atoms with van der Waals surface area (Å²) in [5.74, 6) is -1.49. The van der Waals surface area contributed by atoms with E-state index >= 15 is 0 Å². The Hall–Kier alpha value is -2.93. The first-order chi connectivity index (χ1) is 14.1. The third-order valence-electron chi connectivity index (χ3n) is 5.04. The van der Waals surface area contributed by atoms with Crippen LogP contribution in [0.2, 0.25) is 0 Å². The second kappa shape index (κ2) is 7.48. The molecule has 0 aliphatic carbocycles. The van der Waals surface area contributed by atoms with Crippen LogP contribution in [0.3, 0.4) is 0 Å². The lowest BCUT2D eigenvalue weighted by molar-refractivity contribution is -0.140. The molecule has 0 N–H and O–H groups in total. The number of amides is 1. The minimum atomic E-state index is -1.50. The van der Waals surface area contributed by atoms with Gasteiger partial charge in [-0.05, 0) is 37.5 Å². The number of likely N-dealkylation sites (N-methyl/N-ethyl adjacent to an activating group) is 1. The monoisotopic (exact) mass is 410 g/mol. The van der Waals surface area contributed by atoms with E-state index in [1.165, 1.54) is 22.7 Å². The number of esters is 1. The zero-order valence-electron chi connectivity index (χ0n) is 16.0. The highest BCUT2D eigenvalue weighted by Crippen LogP contribution is 2.54. The van der Waals surface area contributed by atoms with Gasteiger partial charge in [-0.25, -0.2) is 14.2 Å². The maximum Gasteiger partial charge on any atom is 0.336 e. The summed E-state index contributed by atoms with van der Waals surface area (Å²) < 4.78 is 20.0. The lowest BCUT2D eigenvalue weighted by atomic mass is 9.76. The summed E-state index contributed by atoms with van der Waals surface area (Å²) in [5.41, 5.74) is -0.0672. The summed E-state index contributed by atoms with van der Waals surface area (Å²) in [6.45, 7) is 3.92. The second-order valence-electron chi connectivity index (χ2n) is 6.56. The maximum absolute atomic E-state index is 14.8. The van der Waals surface area contributed by atoms with Crippen molar-refractivity contribution in [2.75, 3.05) is 18.1 Å². The van der Waals surface area contributed by atoms with E-state index in [4.69, 9.17) is 4.74 Å². The number of carbonyl (C=O) groups excluding carboxylic acids is 2. The number of nitrogens with zero attached hydrogens (tertiary/aromatic N) is 2. The number of anilines is 1. The van der Waals surface area contributed by atoms with Crippen molar-refractivity contribution in [3.8, 4) is 0 Å². The summed E-state index contributed by atoms with van der Waals surface area (Å²) in [6.07, 6.45) is 0. The number of fused-ring (bicyclic) bond motifs is 2. The van der Waals surface area contributed by atoms with E-state index in [0.29, 0.717) is 16.3 Å². The predicted octanol–water partition coefficient (Wildman–Crippen LogP) is 4.35. The molecule has 2 aromatic carbocycles. The molecule has 0 saturated carbocycles. The highest BCUT2D eigenvalue weighted by Gasteiger charge is 2.62. The minimum absolute atomic E-state index is 0.170. The number of ether oxygens (including phenoxy) is 1. The number of hydrogen-bond donors (Lipinski definition) is 0. The van der Waals surface area contributed by atoms with E-state index in [0.717, 1.165) is 0 Å². The van der Waals surface area contributed by atoms with Crippen LogP contribution in [0.4, 0.5) is 15.8 Å². The van der Waals surface area contributed by atoms with Crippen molar-refractivity contribution in [1.29, 1.82) is 0 Å². The zero-order chi connectivity index (χ0) is 20.6. The molecule has 2 aromatic rings. The molecule has 1 unspecified atom stereocenters. The molecule has 1 atom stereocenters. The molecule has 5 nitrogen and oxygen atoms in total. The minimum Gasteiger partial charge on any atom is -0.463 e. The Bertz CT molecular complexity index is 1050. The molecule has 1 spiro atoms. The van der Waals surface area contributed by atoms with Crippen LogP contribution in [-0.4, -0.2) is 30.1 Å². The van der Waals surface area contributed by atoms with Crippen molar-refractivity contribution in [1.82, 2.24) is 0 Å². The lowest BCUT2D eigenvalue weighted by Gasteiger charge is -2.26. The molecule has 0 bridgehead atoms. The number of rotatable bonds is 4. The van der Waals surface area contributed by atoms with E-state index < -0.39 is 17.2 Å². The van der Waals surface area contributed by atoms with Gasteiger partial charge in [0.1, 0.15) is 10.9 Å². The van der Waals surface area contributed by atoms with Gasteiger partial charge in [-0.1, -0.05) is 42.1 Å². The molecule has 7 heteroatoms. The van der Waals surface area contributed by atoms with Crippen LogP contribution in [0, 0.1) is 5.82 Å². The van der Waals surface area contributed by atoms with Crippen LogP contribution >= 0.6 is 11.8 Å². The molecule has 0 aromatic heterocycles. The Kier molecular flexibility index (Phi) is 5.00. The Balaban J connectivity index is 2.00. The van der Waals surface area contributed by atoms with Crippen LogP contribution in [0.25, 0.3) is 0 Å². The molecule has 148 valence electrons. The van der Waals surface area contributed by atoms with Gasteiger partial charge >= 0.3 is 5.97 Å². The molecular weight excluding hydrogens is 391 g/mol. The number of benzene rings is 2. The van der Waals surface area contributed by atoms with E-state index in [1.807, 2.05) is 30.3 Å². The van der Waals surface area contributed by atoms with Gasteiger partial charge in [0.2, 0.25) is 5.91 Å². The normalized spacial score (nSPS) is 21.6. The highest BCUT2D eigenvalue weighted by atomic mass is 32.2. The first kappa shape index (κ1) is 19.4. The van der Waals surface area contributed by atoms with Crippen molar-refractivity contribution in [2.45, 2.75) is 19.3 Å². The van der Waals surface area contributed by atoms with Crippen LogP contribution in [0.1, 0.15) is 19.4 Å². The van der Waals surface area contributed by atoms with Crippen molar-refractivity contribution in [3.63, 3.8) is 0 Å². The largest absolute Gasteiger partial charge is 0.463 e. The van der Waals surface area contributed by atoms with Crippen molar-refractivity contribution < 1.29 is 18.7 Å². The van der Waals surface area contributed by atoms with Crippen LogP contribution in [0.5, 0.6) is 0 Å². The third kappa shape index (κ3) is 2.80. The number of thioether (sulfide) groups is 1. The molecule has 2 heterocycles. The highest BCUT2D eigenvalue weighted by molar-refractivity contribution is 8.17. The average Bonchev–Trinajstić information content (AvgIpc) is 3.21. The zero-order valence-corrected chi connectivity index (χ0v) is 16.8.